The zero-order valence-electron chi connectivity index (χ0n) is 9.29. The van der Waals surface area contributed by atoms with E-state index in [-0.39, 0.29) is 0 Å². The van der Waals surface area contributed by atoms with Crippen LogP contribution in [0, 0.1) is 5.92 Å². The fourth-order valence-electron chi connectivity index (χ4n) is 1.83. The summed E-state index contributed by atoms with van der Waals surface area (Å²) in [6.45, 7) is 9.09. The van der Waals surface area contributed by atoms with E-state index < -0.39 is 0 Å². The van der Waals surface area contributed by atoms with Gasteiger partial charge in [0.15, 0.2) is 0 Å². The fraction of sp³-hybridized carbons (Fsp3) is 1.00. The zero-order valence-corrected chi connectivity index (χ0v) is 9.29. The lowest BCUT2D eigenvalue weighted by molar-refractivity contribution is 0.183. The molecular weight excluding hydrogens is 160 g/mol. The number of hydrogen-bond donors (Lipinski definition) is 1. The molecule has 0 spiro atoms. The molecule has 0 heterocycles. The van der Waals surface area contributed by atoms with Gasteiger partial charge in [-0.25, -0.2) is 0 Å². The quantitative estimate of drug-likeness (QED) is 0.682. The average Bonchev–Trinajstić information content (AvgIpc) is 2.95. The summed E-state index contributed by atoms with van der Waals surface area (Å²) in [6.07, 6.45) is 3.96. The number of likely N-dealkylation sites (N-methyl/N-ethyl adjacent to an activating group) is 1. The van der Waals surface area contributed by atoms with E-state index in [1.54, 1.807) is 0 Å². The molecule has 0 aromatic heterocycles. The van der Waals surface area contributed by atoms with Crippen LogP contribution >= 0.6 is 0 Å². The van der Waals surface area contributed by atoms with Crippen molar-refractivity contribution in [3.63, 3.8) is 0 Å². The molecule has 2 nitrogen and oxygen atoms in total. The second kappa shape index (κ2) is 4.97. The lowest BCUT2D eigenvalue weighted by atomic mass is 10.1. The molecule has 1 saturated carbocycles. The summed E-state index contributed by atoms with van der Waals surface area (Å²) in [5.74, 6) is 0.978. The average molecular weight is 184 g/mol. The van der Waals surface area contributed by atoms with Gasteiger partial charge in [0, 0.05) is 18.6 Å². The first-order valence-electron chi connectivity index (χ1n) is 5.68. The molecule has 2 unspecified atom stereocenters. The van der Waals surface area contributed by atoms with E-state index in [2.05, 4.69) is 25.7 Å². The zero-order chi connectivity index (χ0) is 9.84. The second-order valence-corrected chi connectivity index (χ2v) is 4.34. The van der Waals surface area contributed by atoms with Crippen molar-refractivity contribution < 1.29 is 0 Å². The van der Waals surface area contributed by atoms with Crippen LogP contribution in [-0.2, 0) is 0 Å². The Balaban J connectivity index is 2.33. The van der Waals surface area contributed by atoms with Crippen LogP contribution in [0.15, 0.2) is 0 Å². The molecule has 78 valence electrons. The third-order valence-corrected chi connectivity index (χ3v) is 3.26. The van der Waals surface area contributed by atoms with Crippen molar-refractivity contribution in [3.8, 4) is 0 Å². The number of rotatable bonds is 6. The van der Waals surface area contributed by atoms with Crippen molar-refractivity contribution in [2.75, 3.05) is 13.1 Å². The van der Waals surface area contributed by atoms with E-state index in [1.807, 2.05) is 0 Å². The molecule has 2 N–H and O–H groups in total. The smallest absolute Gasteiger partial charge is 0.0218 e. The topological polar surface area (TPSA) is 29.3 Å². The van der Waals surface area contributed by atoms with Crippen molar-refractivity contribution in [2.45, 2.75) is 52.1 Å². The first-order valence-corrected chi connectivity index (χ1v) is 5.68. The van der Waals surface area contributed by atoms with Crippen LogP contribution in [0.1, 0.15) is 40.0 Å². The third-order valence-electron chi connectivity index (χ3n) is 3.26. The second-order valence-electron chi connectivity index (χ2n) is 4.34. The molecule has 1 aliphatic carbocycles. The molecule has 0 aromatic rings. The van der Waals surface area contributed by atoms with E-state index in [0.717, 1.165) is 18.9 Å². The van der Waals surface area contributed by atoms with E-state index in [1.165, 1.54) is 19.4 Å². The summed E-state index contributed by atoms with van der Waals surface area (Å²) >= 11 is 0. The summed E-state index contributed by atoms with van der Waals surface area (Å²) < 4.78 is 0. The Bertz CT molecular complexity index is 143. The van der Waals surface area contributed by atoms with E-state index in [0.29, 0.717) is 12.1 Å². The maximum Gasteiger partial charge on any atom is 0.0218 e. The summed E-state index contributed by atoms with van der Waals surface area (Å²) in [7, 11) is 0. The molecule has 1 rings (SSSR count). The standard InChI is InChI=1S/C11H24N2/c1-4-11(12)9(3)13(5-2)8-10-6-7-10/h9-11H,4-8,12H2,1-3H3. The monoisotopic (exact) mass is 184 g/mol. The molecule has 13 heavy (non-hydrogen) atoms. The molecule has 1 fully saturated rings. The van der Waals surface area contributed by atoms with Crippen LogP contribution in [-0.4, -0.2) is 30.1 Å². The molecule has 0 saturated heterocycles. The summed E-state index contributed by atoms with van der Waals surface area (Å²) in [6, 6.07) is 0.897. The third kappa shape index (κ3) is 3.28. The van der Waals surface area contributed by atoms with Crippen LogP contribution in [0.2, 0.25) is 0 Å². The van der Waals surface area contributed by atoms with Crippen molar-refractivity contribution >= 4 is 0 Å². The maximum atomic E-state index is 6.05. The van der Waals surface area contributed by atoms with Gasteiger partial charge in [-0.05, 0) is 38.6 Å². The minimum atomic E-state index is 0.346. The highest BCUT2D eigenvalue weighted by Gasteiger charge is 2.27. The minimum absolute atomic E-state index is 0.346. The van der Waals surface area contributed by atoms with E-state index >= 15 is 0 Å². The minimum Gasteiger partial charge on any atom is -0.326 e. The highest BCUT2D eigenvalue weighted by atomic mass is 15.2. The number of nitrogens with two attached hydrogens (primary N) is 1. The van der Waals surface area contributed by atoms with Gasteiger partial charge in [0.2, 0.25) is 0 Å². The predicted octanol–water partition coefficient (Wildman–Crippen LogP) is 1.84. The largest absolute Gasteiger partial charge is 0.326 e. The van der Waals surface area contributed by atoms with Crippen molar-refractivity contribution in [3.05, 3.63) is 0 Å². The normalized spacial score (nSPS) is 21.9. The lowest BCUT2D eigenvalue weighted by Crippen LogP contribution is -2.46. The van der Waals surface area contributed by atoms with Gasteiger partial charge in [-0.3, -0.25) is 4.90 Å². The van der Waals surface area contributed by atoms with Crippen LogP contribution < -0.4 is 5.73 Å². The van der Waals surface area contributed by atoms with Crippen molar-refractivity contribution in [1.29, 1.82) is 0 Å². The Hall–Kier alpha value is -0.0800. The molecule has 2 atom stereocenters. The van der Waals surface area contributed by atoms with E-state index in [9.17, 15) is 0 Å². The molecular formula is C11H24N2. The Morgan fingerprint density at radius 3 is 2.38 bits per heavy atom. The van der Waals surface area contributed by atoms with Crippen LogP contribution in [0.3, 0.4) is 0 Å². The fourth-order valence-corrected chi connectivity index (χ4v) is 1.83. The molecule has 0 aromatic carbocycles. The van der Waals surface area contributed by atoms with Gasteiger partial charge >= 0.3 is 0 Å². The summed E-state index contributed by atoms with van der Waals surface area (Å²) in [4.78, 5) is 2.53. The first-order chi connectivity index (χ1) is 6.19. The SMILES string of the molecule is CCC(N)C(C)N(CC)CC1CC1. The molecule has 0 amide bonds. The lowest BCUT2D eigenvalue weighted by Gasteiger charge is -2.31. The van der Waals surface area contributed by atoms with Crippen molar-refractivity contribution in [2.24, 2.45) is 11.7 Å². The van der Waals surface area contributed by atoms with Gasteiger partial charge in [-0.2, -0.15) is 0 Å². The Morgan fingerprint density at radius 1 is 1.38 bits per heavy atom. The van der Waals surface area contributed by atoms with Crippen LogP contribution in [0.25, 0.3) is 0 Å². The Kier molecular flexibility index (Phi) is 4.20. The molecule has 2 heteroatoms. The maximum absolute atomic E-state index is 6.05. The highest BCUT2D eigenvalue weighted by Crippen LogP contribution is 2.30. The molecule has 0 aliphatic heterocycles. The van der Waals surface area contributed by atoms with Gasteiger partial charge in [0.05, 0.1) is 0 Å². The van der Waals surface area contributed by atoms with E-state index in [4.69, 9.17) is 5.73 Å². The van der Waals surface area contributed by atoms with Gasteiger partial charge in [0.25, 0.3) is 0 Å². The molecule has 1 aliphatic rings. The molecule has 0 bridgehead atoms. The van der Waals surface area contributed by atoms with Crippen molar-refractivity contribution in [1.82, 2.24) is 4.90 Å². The summed E-state index contributed by atoms with van der Waals surface area (Å²) in [5, 5.41) is 0. The molecule has 0 radical (unpaired) electrons. The van der Waals surface area contributed by atoms with Crippen LogP contribution in [0.4, 0.5) is 0 Å². The predicted molar refractivity (Wildman–Crippen MR) is 57.7 cm³/mol. The highest BCUT2D eigenvalue weighted by molar-refractivity contribution is 4.82. The number of hydrogen-bond acceptors (Lipinski definition) is 2. The summed E-state index contributed by atoms with van der Waals surface area (Å²) in [5.41, 5.74) is 6.05. The Morgan fingerprint density at radius 2 is 2.00 bits per heavy atom. The van der Waals surface area contributed by atoms with Crippen LogP contribution in [0.5, 0.6) is 0 Å². The first kappa shape index (κ1) is 11.0. The van der Waals surface area contributed by atoms with Gasteiger partial charge < -0.3 is 5.73 Å². The van der Waals surface area contributed by atoms with Gasteiger partial charge in [-0.1, -0.05) is 13.8 Å². The Labute approximate surface area is 82.5 Å². The van der Waals surface area contributed by atoms with Gasteiger partial charge in [0.1, 0.15) is 0 Å². The van der Waals surface area contributed by atoms with Gasteiger partial charge in [-0.15, -0.1) is 0 Å². The number of nitrogens with zero attached hydrogens (tertiary/aromatic N) is 1.